The molecule has 0 aliphatic heterocycles. The van der Waals surface area contributed by atoms with Gasteiger partial charge in [0.1, 0.15) is 5.65 Å². The van der Waals surface area contributed by atoms with Gasteiger partial charge >= 0.3 is 0 Å². The van der Waals surface area contributed by atoms with E-state index >= 15 is 0 Å². The van der Waals surface area contributed by atoms with Crippen molar-refractivity contribution in [1.82, 2.24) is 9.38 Å². The van der Waals surface area contributed by atoms with Crippen molar-refractivity contribution in [2.45, 2.75) is 19.8 Å². The molecule has 0 amide bonds. The van der Waals surface area contributed by atoms with Gasteiger partial charge in [-0.2, -0.15) is 5.26 Å². The van der Waals surface area contributed by atoms with E-state index in [2.05, 4.69) is 11.1 Å². The molecule has 0 aliphatic rings. The first-order chi connectivity index (χ1) is 11.0. The molecule has 6 nitrogen and oxygen atoms in total. The lowest BCUT2D eigenvalue weighted by Gasteiger charge is -2.07. The summed E-state index contributed by atoms with van der Waals surface area (Å²) in [5, 5.41) is 20.3. The lowest BCUT2D eigenvalue weighted by Crippen LogP contribution is -1.99. The predicted molar refractivity (Wildman–Crippen MR) is 86.0 cm³/mol. The van der Waals surface area contributed by atoms with Crippen LogP contribution in [0.25, 0.3) is 16.9 Å². The third kappa shape index (κ3) is 2.53. The van der Waals surface area contributed by atoms with Crippen LogP contribution >= 0.6 is 0 Å². The van der Waals surface area contributed by atoms with E-state index in [1.807, 2.05) is 29.7 Å². The largest absolute Gasteiger partial charge is 0.302 e. The Morgan fingerprint density at radius 3 is 2.83 bits per heavy atom. The topological polar surface area (TPSA) is 84.2 Å². The van der Waals surface area contributed by atoms with Crippen molar-refractivity contribution >= 4 is 11.3 Å². The average molecular weight is 306 g/mol. The number of hydrogen-bond donors (Lipinski definition) is 0. The van der Waals surface area contributed by atoms with Gasteiger partial charge in [0, 0.05) is 23.9 Å². The predicted octanol–water partition coefficient (Wildman–Crippen LogP) is 3.85. The number of aromatic nitrogens is 2. The maximum atomic E-state index is 11.0. The Hall–Kier alpha value is -3.20. The molecular formula is C17H14N4O2. The highest BCUT2D eigenvalue weighted by Crippen LogP contribution is 2.31. The second-order valence-corrected chi connectivity index (χ2v) is 5.44. The molecule has 3 aromatic rings. The molecule has 0 saturated heterocycles. The number of hydrogen-bond acceptors (Lipinski definition) is 4. The molecule has 1 unspecified atom stereocenters. The maximum Gasteiger partial charge on any atom is 0.270 e. The summed E-state index contributed by atoms with van der Waals surface area (Å²) in [7, 11) is 0. The summed E-state index contributed by atoms with van der Waals surface area (Å²) >= 11 is 0. The third-order valence-electron chi connectivity index (χ3n) is 3.75. The Balaban J connectivity index is 2.30. The second-order valence-electron chi connectivity index (χ2n) is 5.44. The molecule has 2 aromatic heterocycles. The monoisotopic (exact) mass is 306 g/mol. The summed E-state index contributed by atoms with van der Waals surface area (Å²) < 4.78 is 1.87. The summed E-state index contributed by atoms with van der Waals surface area (Å²) in [4.78, 5) is 15.2. The van der Waals surface area contributed by atoms with Crippen LogP contribution in [0.15, 0.2) is 42.6 Å². The molecular weight excluding hydrogens is 292 g/mol. The zero-order valence-corrected chi connectivity index (χ0v) is 12.7. The molecule has 3 rings (SSSR count). The van der Waals surface area contributed by atoms with Crippen molar-refractivity contribution in [3.05, 3.63) is 64.0 Å². The third-order valence-corrected chi connectivity index (χ3v) is 3.75. The van der Waals surface area contributed by atoms with Gasteiger partial charge in [0.05, 0.1) is 28.3 Å². The van der Waals surface area contributed by atoms with E-state index in [1.54, 1.807) is 19.1 Å². The Labute approximate surface area is 132 Å². The van der Waals surface area contributed by atoms with Crippen LogP contribution in [0.5, 0.6) is 0 Å². The standard InChI is InChI=1S/C17H14N4O2/c1-11-6-7-20-15(8-11)19-16(17(20)12(2)10-18)13-4-3-5-14(9-13)21(22)23/h3-9,12H,1-2H3. The molecule has 0 bridgehead atoms. The molecule has 0 aliphatic carbocycles. The molecule has 0 fully saturated rings. The summed E-state index contributed by atoms with van der Waals surface area (Å²) in [5.74, 6) is -0.387. The summed E-state index contributed by atoms with van der Waals surface area (Å²) in [6.07, 6.45) is 1.88. The van der Waals surface area contributed by atoms with Crippen LogP contribution in [0.4, 0.5) is 5.69 Å². The van der Waals surface area contributed by atoms with Gasteiger partial charge in [-0.3, -0.25) is 10.1 Å². The average Bonchev–Trinajstić information content (AvgIpc) is 2.92. The number of benzene rings is 1. The van der Waals surface area contributed by atoms with Crippen molar-refractivity contribution in [2.24, 2.45) is 0 Å². The fourth-order valence-electron chi connectivity index (χ4n) is 2.62. The van der Waals surface area contributed by atoms with Crippen molar-refractivity contribution in [1.29, 1.82) is 5.26 Å². The van der Waals surface area contributed by atoms with Gasteiger partial charge in [-0.15, -0.1) is 0 Å². The van der Waals surface area contributed by atoms with Crippen LogP contribution in [-0.4, -0.2) is 14.3 Å². The molecule has 23 heavy (non-hydrogen) atoms. The first-order valence-corrected chi connectivity index (χ1v) is 7.14. The molecule has 0 spiro atoms. The number of fused-ring (bicyclic) bond motifs is 1. The first-order valence-electron chi connectivity index (χ1n) is 7.14. The van der Waals surface area contributed by atoms with Gasteiger partial charge in [-0.1, -0.05) is 12.1 Å². The highest BCUT2D eigenvalue weighted by molar-refractivity contribution is 5.70. The number of nitro benzene ring substituents is 1. The van der Waals surface area contributed by atoms with Crippen molar-refractivity contribution in [3.63, 3.8) is 0 Å². The van der Waals surface area contributed by atoms with Gasteiger partial charge in [0.15, 0.2) is 0 Å². The van der Waals surface area contributed by atoms with E-state index in [0.717, 1.165) is 16.9 Å². The van der Waals surface area contributed by atoms with Gasteiger partial charge < -0.3 is 4.40 Å². The van der Waals surface area contributed by atoms with Gasteiger partial charge in [0.25, 0.3) is 5.69 Å². The lowest BCUT2D eigenvalue weighted by molar-refractivity contribution is -0.384. The highest BCUT2D eigenvalue weighted by Gasteiger charge is 2.20. The second kappa shape index (κ2) is 5.54. The number of pyridine rings is 1. The van der Waals surface area contributed by atoms with E-state index in [9.17, 15) is 15.4 Å². The fraction of sp³-hybridized carbons (Fsp3) is 0.176. The van der Waals surface area contributed by atoms with Crippen molar-refractivity contribution in [3.8, 4) is 17.3 Å². The molecule has 1 aromatic carbocycles. The van der Waals surface area contributed by atoms with Crippen LogP contribution in [-0.2, 0) is 0 Å². The lowest BCUT2D eigenvalue weighted by atomic mass is 10.0. The summed E-state index contributed by atoms with van der Waals surface area (Å²) in [6, 6.07) is 12.4. The molecule has 6 heteroatoms. The smallest absolute Gasteiger partial charge is 0.270 e. The number of aryl methyl sites for hydroxylation is 1. The first kappa shape index (κ1) is 14.7. The number of nitriles is 1. The van der Waals surface area contributed by atoms with E-state index in [4.69, 9.17) is 0 Å². The normalized spacial score (nSPS) is 12.0. The quantitative estimate of drug-likeness (QED) is 0.543. The van der Waals surface area contributed by atoms with E-state index in [-0.39, 0.29) is 11.6 Å². The minimum atomic E-state index is -0.434. The van der Waals surface area contributed by atoms with Gasteiger partial charge in [-0.25, -0.2) is 4.98 Å². The van der Waals surface area contributed by atoms with E-state index < -0.39 is 4.92 Å². The molecule has 0 N–H and O–H groups in total. The van der Waals surface area contributed by atoms with E-state index in [1.165, 1.54) is 12.1 Å². The van der Waals surface area contributed by atoms with Crippen LogP contribution in [0.1, 0.15) is 24.1 Å². The number of nitrogens with zero attached hydrogens (tertiary/aromatic N) is 4. The van der Waals surface area contributed by atoms with E-state index in [0.29, 0.717) is 11.3 Å². The Kier molecular flexibility index (Phi) is 3.54. The molecule has 0 radical (unpaired) electrons. The van der Waals surface area contributed by atoms with Crippen LogP contribution in [0.2, 0.25) is 0 Å². The number of non-ortho nitro benzene ring substituents is 1. The molecule has 2 heterocycles. The van der Waals surface area contributed by atoms with Crippen LogP contribution in [0.3, 0.4) is 0 Å². The Bertz CT molecular complexity index is 953. The Morgan fingerprint density at radius 2 is 2.13 bits per heavy atom. The number of imidazole rings is 1. The van der Waals surface area contributed by atoms with Crippen LogP contribution < -0.4 is 0 Å². The summed E-state index contributed by atoms with van der Waals surface area (Å²) in [6.45, 7) is 3.76. The molecule has 1 atom stereocenters. The van der Waals surface area contributed by atoms with Crippen molar-refractivity contribution < 1.29 is 4.92 Å². The van der Waals surface area contributed by atoms with Gasteiger partial charge in [-0.05, 0) is 31.5 Å². The Morgan fingerprint density at radius 1 is 1.35 bits per heavy atom. The minimum Gasteiger partial charge on any atom is -0.302 e. The minimum absolute atomic E-state index is 0.00583. The zero-order chi connectivity index (χ0) is 16.6. The number of rotatable bonds is 3. The number of nitro groups is 1. The fourth-order valence-corrected chi connectivity index (χ4v) is 2.62. The van der Waals surface area contributed by atoms with Crippen molar-refractivity contribution in [2.75, 3.05) is 0 Å². The summed E-state index contributed by atoms with van der Waals surface area (Å²) in [5.41, 5.74) is 3.77. The maximum absolute atomic E-state index is 11.0. The molecule has 114 valence electrons. The van der Waals surface area contributed by atoms with Gasteiger partial charge in [0.2, 0.25) is 0 Å². The van der Waals surface area contributed by atoms with Crippen LogP contribution in [0, 0.1) is 28.4 Å². The SMILES string of the molecule is Cc1ccn2c(C(C)C#N)c(-c3cccc([N+](=O)[O-])c3)nc2c1. The zero-order valence-electron chi connectivity index (χ0n) is 12.7. The molecule has 0 saturated carbocycles. The highest BCUT2D eigenvalue weighted by atomic mass is 16.6.